The average molecular weight is 577 g/mol. The van der Waals surface area contributed by atoms with Gasteiger partial charge in [-0.25, -0.2) is 0 Å². The van der Waals surface area contributed by atoms with Crippen LogP contribution in [0.15, 0.2) is 48.5 Å². The second-order valence-electron chi connectivity index (χ2n) is 11.8. The molecule has 1 N–H and O–H groups in total. The molecule has 0 aromatic heterocycles. The normalized spacial score (nSPS) is 18.5. The van der Waals surface area contributed by atoms with Crippen LogP contribution in [-0.4, -0.2) is 80.1 Å². The van der Waals surface area contributed by atoms with E-state index < -0.39 is 5.54 Å². The Hall–Kier alpha value is -3.75. The minimum absolute atomic E-state index is 0.000115. The van der Waals surface area contributed by atoms with Crippen molar-refractivity contribution in [3.8, 4) is 11.5 Å². The van der Waals surface area contributed by atoms with E-state index in [1.165, 1.54) is 25.7 Å². The fourth-order valence-corrected chi connectivity index (χ4v) is 6.84. The highest BCUT2D eigenvalue weighted by atomic mass is 16.5. The molecule has 42 heavy (non-hydrogen) atoms. The minimum atomic E-state index is -0.747. The molecule has 0 bridgehead atoms. The lowest BCUT2D eigenvalue weighted by atomic mass is 9.85. The molecule has 2 aromatic rings. The molecule has 2 aliphatic heterocycles. The highest BCUT2D eigenvalue weighted by Crippen LogP contribution is 2.40. The third kappa shape index (κ3) is 6.50. The number of rotatable bonds is 11. The van der Waals surface area contributed by atoms with Gasteiger partial charge < -0.3 is 29.5 Å². The van der Waals surface area contributed by atoms with Crippen molar-refractivity contribution in [1.82, 2.24) is 15.1 Å². The largest absolute Gasteiger partial charge is 0.493 e. The molecule has 1 aliphatic carbocycles. The van der Waals surface area contributed by atoms with Crippen molar-refractivity contribution < 1.29 is 23.9 Å². The summed E-state index contributed by atoms with van der Waals surface area (Å²) in [6.45, 7) is 1.91. The molecular formula is C33H44N4O5. The molecule has 1 saturated carbocycles. The number of anilines is 1. The van der Waals surface area contributed by atoms with E-state index in [0.29, 0.717) is 69.4 Å². The molecule has 3 fully saturated rings. The summed E-state index contributed by atoms with van der Waals surface area (Å²) in [5.74, 6) is 1.99. The molecule has 0 atom stereocenters. The Morgan fingerprint density at radius 1 is 0.976 bits per heavy atom. The number of likely N-dealkylation sites (tertiary alicyclic amines) is 1. The van der Waals surface area contributed by atoms with Crippen molar-refractivity contribution in [2.24, 2.45) is 5.92 Å². The van der Waals surface area contributed by atoms with Crippen LogP contribution in [0.4, 0.5) is 5.69 Å². The molecule has 9 heteroatoms. The molecule has 3 amide bonds. The van der Waals surface area contributed by atoms with Crippen LogP contribution in [0.3, 0.4) is 0 Å². The maximum absolute atomic E-state index is 14.0. The average Bonchev–Trinajstić information content (AvgIpc) is 3.64. The minimum Gasteiger partial charge on any atom is -0.493 e. The van der Waals surface area contributed by atoms with E-state index in [1.807, 2.05) is 53.4 Å². The number of amides is 3. The van der Waals surface area contributed by atoms with Crippen LogP contribution in [0.1, 0.15) is 56.9 Å². The summed E-state index contributed by atoms with van der Waals surface area (Å²) < 4.78 is 10.7. The van der Waals surface area contributed by atoms with Gasteiger partial charge in [0.05, 0.1) is 20.9 Å². The Morgan fingerprint density at radius 2 is 1.69 bits per heavy atom. The number of hydrogen-bond acceptors (Lipinski definition) is 6. The summed E-state index contributed by atoms with van der Waals surface area (Å²) in [6, 6.07) is 15.6. The summed E-state index contributed by atoms with van der Waals surface area (Å²) in [4.78, 5) is 45.7. The molecule has 9 nitrogen and oxygen atoms in total. The lowest BCUT2D eigenvalue weighted by molar-refractivity contribution is -0.140. The third-order valence-corrected chi connectivity index (χ3v) is 9.28. The highest BCUT2D eigenvalue weighted by Gasteiger charge is 2.54. The quantitative estimate of drug-likeness (QED) is 0.435. The number of methoxy groups -OCH3 is 2. The first-order chi connectivity index (χ1) is 20.4. The van der Waals surface area contributed by atoms with Gasteiger partial charge in [0.2, 0.25) is 11.8 Å². The number of carbonyl (C=O) groups is 3. The Kier molecular flexibility index (Phi) is 9.55. The van der Waals surface area contributed by atoms with Crippen molar-refractivity contribution in [2.45, 2.75) is 63.3 Å². The summed E-state index contributed by atoms with van der Waals surface area (Å²) >= 11 is 0. The zero-order chi connectivity index (χ0) is 29.5. The van der Waals surface area contributed by atoms with Crippen LogP contribution in [0.25, 0.3) is 0 Å². The maximum Gasteiger partial charge on any atom is 0.250 e. The second kappa shape index (κ2) is 13.5. The molecule has 3 aliphatic rings. The van der Waals surface area contributed by atoms with Gasteiger partial charge in [0, 0.05) is 31.7 Å². The summed E-state index contributed by atoms with van der Waals surface area (Å²) in [7, 11) is 3.20. The molecular weight excluding hydrogens is 532 g/mol. The highest BCUT2D eigenvalue weighted by molar-refractivity contribution is 5.96. The van der Waals surface area contributed by atoms with Gasteiger partial charge in [0.15, 0.2) is 11.5 Å². The summed E-state index contributed by atoms with van der Waals surface area (Å²) in [6.07, 6.45) is 8.40. The standard InChI is InChI=1S/C33H44N4O5/c1-41-28-14-12-26(22-29(28)42-2)16-19-34-30(38)23-36-24-37(27-10-4-3-5-11-27)33(32(36)40)17-20-35(21-18-33)31(39)15-13-25-8-6-7-9-25/h3-5,10-12,14,22,25H,6-9,13,15-21,23-24H2,1-2H3,(H,34,38). The van der Waals surface area contributed by atoms with Crippen LogP contribution in [0.2, 0.25) is 0 Å². The van der Waals surface area contributed by atoms with Crippen molar-refractivity contribution >= 4 is 23.4 Å². The Labute approximate surface area is 249 Å². The van der Waals surface area contributed by atoms with Crippen LogP contribution in [0.5, 0.6) is 11.5 Å². The lowest BCUT2D eigenvalue weighted by Gasteiger charge is -2.43. The van der Waals surface area contributed by atoms with E-state index in [4.69, 9.17) is 9.47 Å². The van der Waals surface area contributed by atoms with Crippen LogP contribution >= 0.6 is 0 Å². The maximum atomic E-state index is 14.0. The fourth-order valence-electron chi connectivity index (χ4n) is 6.84. The first kappa shape index (κ1) is 29.7. The van der Waals surface area contributed by atoms with Gasteiger partial charge in [-0.05, 0) is 61.4 Å². The van der Waals surface area contributed by atoms with E-state index >= 15 is 0 Å². The SMILES string of the molecule is COc1ccc(CCNC(=O)CN2CN(c3ccccc3)C3(CCN(C(=O)CCC4CCCC4)CC3)C2=O)cc1OC. The van der Waals surface area contributed by atoms with E-state index in [2.05, 4.69) is 10.2 Å². The number of nitrogens with one attached hydrogen (secondary N) is 1. The molecule has 2 saturated heterocycles. The smallest absolute Gasteiger partial charge is 0.250 e. The first-order valence-corrected chi connectivity index (χ1v) is 15.3. The number of hydrogen-bond donors (Lipinski definition) is 1. The molecule has 2 aromatic carbocycles. The van der Waals surface area contributed by atoms with Crippen molar-refractivity contribution in [3.05, 3.63) is 54.1 Å². The van der Waals surface area contributed by atoms with Crippen LogP contribution in [0, 0.1) is 5.92 Å². The topological polar surface area (TPSA) is 91.4 Å². The van der Waals surface area contributed by atoms with E-state index in [1.54, 1.807) is 19.1 Å². The first-order valence-electron chi connectivity index (χ1n) is 15.3. The van der Waals surface area contributed by atoms with Crippen LogP contribution in [-0.2, 0) is 20.8 Å². The van der Waals surface area contributed by atoms with Crippen molar-refractivity contribution in [2.75, 3.05) is 52.0 Å². The van der Waals surface area contributed by atoms with Gasteiger partial charge in [-0.15, -0.1) is 0 Å². The van der Waals surface area contributed by atoms with Crippen LogP contribution < -0.4 is 19.7 Å². The zero-order valence-electron chi connectivity index (χ0n) is 25.0. The predicted molar refractivity (Wildman–Crippen MR) is 161 cm³/mol. The molecule has 0 unspecified atom stereocenters. The van der Waals surface area contributed by atoms with Gasteiger partial charge in [-0.2, -0.15) is 0 Å². The number of piperidine rings is 1. The Bertz CT molecular complexity index is 1240. The van der Waals surface area contributed by atoms with Gasteiger partial charge in [-0.3, -0.25) is 14.4 Å². The van der Waals surface area contributed by atoms with E-state index in [9.17, 15) is 14.4 Å². The zero-order valence-corrected chi connectivity index (χ0v) is 25.0. The van der Waals surface area contributed by atoms with Gasteiger partial charge in [0.1, 0.15) is 12.1 Å². The molecule has 0 radical (unpaired) electrons. The third-order valence-electron chi connectivity index (χ3n) is 9.28. The molecule has 2 heterocycles. The number of nitrogens with zero attached hydrogens (tertiary/aromatic N) is 3. The summed E-state index contributed by atoms with van der Waals surface area (Å²) in [5.41, 5.74) is 1.23. The van der Waals surface area contributed by atoms with Gasteiger partial charge in [-0.1, -0.05) is 49.9 Å². The monoisotopic (exact) mass is 576 g/mol. The number of benzene rings is 2. The Morgan fingerprint density at radius 3 is 2.38 bits per heavy atom. The van der Waals surface area contributed by atoms with Crippen molar-refractivity contribution in [1.29, 1.82) is 0 Å². The summed E-state index contributed by atoms with van der Waals surface area (Å²) in [5, 5.41) is 2.97. The van der Waals surface area contributed by atoms with Gasteiger partial charge in [0.25, 0.3) is 5.91 Å². The number of ether oxygens (including phenoxy) is 2. The van der Waals surface area contributed by atoms with E-state index in [-0.39, 0.29) is 24.3 Å². The van der Waals surface area contributed by atoms with Gasteiger partial charge >= 0.3 is 0 Å². The Balaban J connectivity index is 1.19. The molecule has 5 rings (SSSR count). The van der Waals surface area contributed by atoms with E-state index in [0.717, 1.165) is 17.7 Å². The molecule has 1 spiro atoms. The second-order valence-corrected chi connectivity index (χ2v) is 11.8. The van der Waals surface area contributed by atoms with Crippen molar-refractivity contribution in [3.63, 3.8) is 0 Å². The fraction of sp³-hybridized carbons (Fsp3) is 0.545. The number of para-hydroxylation sites is 1. The number of carbonyl (C=O) groups excluding carboxylic acids is 3. The molecule has 226 valence electrons. The lowest BCUT2D eigenvalue weighted by Crippen LogP contribution is -2.57. The predicted octanol–water partition coefficient (Wildman–Crippen LogP) is 4.00.